The smallest absolute Gasteiger partial charge is 0.323 e. The molecule has 2 heterocycles. The molecule has 1 aliphatic heterocycles. The van der Waals surface area contributed by atoms with Gasteiger partial charge in [0.05, 0.1) is 29.1 Å². The number of aliphatic carboxylic acids is 1. The third-order valence-corrected chi connectivity index (χ3v) is 6.25. The predicted octanol–water partition coefficient (Wildman–Crippen LogP) is 3.92. The Morgan fingerprint density at radius 1 is 0.861 bits per heavy atom. The zero-order chi connectivity index (χ0) is 25.2. The van der Waals surface area contributed by atoms with Crippen molar-refractivity contribution in [1.82, 2.24) is 14.8 Å². The van der Waals surface area contributed by atoms with Crippen LogP contribution in [0.3, 0.4) is 0 Å². The van der Waals surface area contributed by atoms with Gasteiger partial charge in [-0.1, -0.05) is 18.2 Å². The number of nitrogens with one attached hydrogen (secondary N) is 5. The molecule has 1 unspecified atom stereocenters. The number of carbonyl (C=O) groups excluding carboxylic acids is 2. The number of para-hydroxylation sites is 2. The molecule has 0 aliphatic carbocycles. The van der Waals surface area contributed by atoms with E-state index in [1.807, 2.05) is 30.3 Å². The predicted molar refractivity (Wildman–Crippen MR) is 141 cm³/mol. The highest BCUT2D eigenvalue weighted by Gasteiger charge is 2.28. The number of nitrogens with zero attached hydrogens (tertiary/aromatic N) is 2. The Bertz CT molecular complexity index is 1530. The van der Waals surface area contributed by atoms with Gasteiger partial charge >= 0.3 is 6.03 Å². The Hall–Kier alpha value is -4.42. The molecule has 1 aliphatic rings. The lowest BCUT2D eigenvalue weighted by Gasteiger charge is -2.40. The molecule has 0 saturated heterocycles. The maximum Gasteiger partial charge on any atom is 0.323 e. The van der Waals surface area contributed by atoms with Crippen molar-refractivity contribution < 1.29 is 14.7 Å². The lowest BCUT2D eigenvalue weighted by Crippen LogP contribution is -2.52. The Morgan fingerprint density at radius 3 is 2.28 bits per heavy atom. The summed E-state index contributed by atoms with van der Waals surface area (Å²) in [4.78, 5) is 26.1. The maximum atomic E-state index is 12.6. The summed E-state index contributed by atoms with van der Waals surface area (Å²) in [6.45, 7) is 0.208. The fourth-order valence-corrected chi connectivity index (χ4v) is 4.63. The number of hydrogen-bond acceptors (Lipinski definition) is 7. The number of rotatable bonds is 5. The van der Waals surface area contributed by atoms with Crippen molar-refractivity contribution in [2.24, 2.45) is 0 Å². The number of H-pyrrole nitrogens is 2. The largest absolute Gasteiger partial charge is 0.548 e. The van der Waals surface area contributed by atoms with Gasteiger partial charge < -0.3 is 30.8 Å². The molecule has 4 aromatic rings. The van der Waals surface area contributed by atoms with Gasteiger partial charge in [-0.2, -0.15) is 0 Å². The molecule has 2 amide bonds. The fraction of sp³-hybridized carbons (Fsp3) is 0.0833. The van der Waals surface area contributed by atoms with Crippen LogP contribution in [0.2, 0.25) is 0 Å². The highest BCUT2D eigenvalue weighted by molar-refractivity contribution is 7.72. The van der Waals surface area contributed by atoms with Gasteiger partial charge in [0.15, 0.2) is 9.54 Å². The number of aromatic amines is 2. The number of hydrogen-bond donors (Lipinski definition) is 5. The lowest BCUT2D eigenvalue weighted by atomic mass is 10.1. The summed E-state index contributed by atoms with van der Waals surface area (Å²) in [5, 5.41) is 26.0. The van der Waals surface area contributed by atoms with Crippen LogP contribution in [-0.4, -0.2) is 39.4 Å². The summed E-state index contributed by atoms with van der Waals surface area (Å²) in [6, 6.07) is 20.2. The van der Waals surface area contributed by atoms with Crippen molar-refractivity contribution in [2.45, 2.75) is 6.04 Å². The normalized spacial score (nSPS) is 14.4. The van der Waals surface area contributed by atoms with Crippen molar-refractivity contribution in [3.05, 3.63) is 82.3 Å². The lowest BCUT2D eigenvalue weighted by molar-refractivity contribution is -0.307. The highest BCUT2D eigenvalue weighted by atomic mass is 32.1. The quantitative estimate of drug-likeness (QED) is 0.253. The van der Waals surface area contributed by atoms with E-state index in [0.29, 0.717) is 32.3 Å². The molecule has 182 valence electrons. The summed E-state index contributed by atoms with van der Waals surface area (Å²) in [5.41, 5.74) is 4.02. The summed E-state index contributed by atoms with van der Waals surface area (Å²) >= 11 is 10.5. The van der Waals surface area contributed by atoms with Crippen molar-refractivity contribution in [3.63, 3.8) is 0 Å². The van der Waals surface area contributed by atoms with E-state index in [1.54, 1.807) is 51.9 Å². The van der Waals surface area contributed by atoms with E-state index in [0.717, 1.165) is 11.4 Å². The second-order valence-corrected chi connectivity index (χ2v) is 8.75. The monoisotopic (exact) mass is 518 g/mol. The van der Waals surface area contributed by atoms with Crippen LogP contribution in [0.4, 0.5) is 33.2 Å². The molecule has 1 atom stereocenters. The molecule has 0 spiro atoms. The molecule has 0 radical (unpaired) electrons. The zero-order valence-electron chi connectivity index (χ0n) is 18.6. The number of carboxylic acids is 1. The fourth-order valence-electron chi connectivity index (χ4n) is 4.07. The Balaban J connectivity index is 1.32. The second kappa shape index (κ2) is 9.68. The summed E-state index contributed by atoms with van der Waals surface area (Å²) in [7, 11) is 0. The van der Waals surface area contributed by atoms with Crippen molar-refractivity contribution in [1.29, 1.82) is 0 Å². The first-order valence-corrected chi connectivity index (χ1v) is 11.7. The van der Waals surface area contributed by atoms with Gasteiger partial charge in [0.1, 0.15) is 0 Å². The van der Waals surface area contributed by atoms with Gasteiger partial charge in [0, 0.05) is 23.6 Å². The van der Waals surface area contributed by atoms with Gasteiger partial charge in [-0.15, -0.1) is 0 Å². The Labute approximate surface area is 215 Å². The van der Waals surface area contributed by atoms with Gasteiger partial charge in [0.25, 0.3) is 0 Å². The van der Waals surface area contributed by atoms with Crippen LogP contribution in [0.5, 0.6) is 0 Å². The van der Waals surface area contributed by atoms with Crippen LogP contribution in [-0.2, 0) is 4.79 Å². The molecular weight excluding hydrogens is 498 g/mol. The van der Waals surface area contributed by atoms with Crippen molar-refractivity contribution >= 4 is 64.9 Å². The minimum Gasteiger partial charge on any atom is -0.548 e. The average molecular weight is 519 g/mol. The summed E-state index contributed by atoms with van der Waals surface area (Å²) < 4.78 is 2.46. The van der Waals surface area contributed by atoms with Crippen LogP contribution in [0.15, 0.2) is 72.8 Å². The third kappa shape index (κ3) is 4.59. The molecule has 12 heteroatoms. The van der Waals surface area contributed by atoms with E-state index in [9.17, 15) is 14.7 Å². The number of carboxylic acid groups (broad SMARTS) is 1. The molecule has 1 aromatic heterocycles. The van der Waals surface area contributed by atoms with Gasteiger partial charge in [0.2, 0.25) is 0 Å². The summed E-state index contributed by atoms with van der Waals surface area (Å²) in [5.74, 6) is -1.18. The molecule has 0 bridgehead atoms. The molecule has 5 N–H and O–H groups in total. The number of anilines is 5. The number of benzene rings is 3. The zero-order valence-corrected chi connectivity index (χ0v) is 20.3. The maximum absolute atomic E-state index is 12.6. The summed E-state index contributed by atoms with van der Waals surface area (Å²) in [6.07, 6.45) is 0. The van der Waals surface area contributed by atoms with Gasteiger partial charge in [-0.3, -0.25) is 14.8 Å². The van der Waals surface area contributed by atoms with E-state index in [-0.39, 0.29) is 6.54 Å². The van der Waals surface area contributed by atoms with Crippen LogP contribution in [0.25, 0.3) is 5.69 Å². The Morgan fingerprint density at radius 2 is 1.56 bits per heavy atom. The number of aromatic nitrogens is 3. The minimum atomic E-state index is -1.18. The number of fused-ring (bicyclic) bond motifs is 1. The Kier molecular flexibility index (Phi) is 6.27. The number of amides is 2. The van der Waals surface area contributed by atoms with Gasteiger partial charge in [-0.05, 0) is 79.0 Å². The molecule has 3 aromatic carbocycles. The van der Waals surface area contributed by atoms with E-state index in [4.69, 9.17) is 24.4 Å². The van der Waals surface area contributed by atoms with E-state index in [2.05, 4.69) is 26.1 Å². The van der Waals surface area contributed by atoms with Crippen molar-refractivity contribution in [3.8, 4) is 5.69 Å². The van der Waals surface area contributed by atoms with Crippen LogP contribution in [0, 0.1) is 9.54 Å². The molecule has 0 saturated carbocycles. The molecule has 5 rings (SSSR count). The molecular formula is C24H20N7O3S2-. The second-order valence-electron chi connectivity index (χ2n) is 7.97. The van der Waals surface area contributed by atoms with Crippen LogP contribution in [0.1, 0.15) is 0 Å². The van der Waals surface area contributed by atoms with Gasteiger partial charge in [-0.25, -0.2) is 4.79 Å². The standard InChI is InChI=1S/C24H21N7O3S2/c32-21(33)20-13-25-18-6-1-2-7-19(18)30(20)16-10-8-14(9-11-16)26-22(34)27-15-4-3-5-17(12-15)31-23(35)28-29-24(31)36/h1-12,20,25H,13H2,(H,28,35)(H,29,36)(H,32,33)(H2,26,27,34)/p-1. The molecule has 0 fully saturated rings. The van der Waals surface area contributed by atoms with Crippen LogP contribution >= 0.6 is 24.4 Å². The van der Waals surface area contributed by atoms with Crippen molar-refractivity contribution in [2.75, 3.05) is 27.4 Å². The number of urea groups is 1. The third-order valence-electron chi connectivity index (χ3n) is 5.68. The first-order chi connectivity index (χ1) is 17.4. The topological polar surface area (TPSA) is 133 Å². The van der Waals surface area contributed by atoms with E-state index < -0.39 is 18.0 Å². The van der Waals surface area contributed by atoms with E-state index in [1.165, 1.54) is 0 Å². The SMILES string of the molecule is O=C(Nc1ccc(N2c3ccccc3NCC2C(=O)[O-])cc1)Nc1cccc(-n2c(=S)[nH][nH]c2=S)c1. The molecule has 36 heavy (non-hydrogen) atoms. The number of carbonyl (C=O) groups is 2. The highest BCUT2D eigenvalue weighted by Crippen LogP contribution is 2.37. The molecule has 10 nitrogen and oxygen atoms in total. The first-order valence-electron chi connectivity index (χ1n) is 10.9. The average Bonchev–Trinajstić information content (AvgIpc) is 3.21. The first kappa shape index (κ1) is 23.3. The van der Waals surface area contributed by atoms with Crippen LogP contribution < -0.4 is 26.0 Å². The minimum absolute atomic E-state index is 0.208. The van der Waals surface area contributed by atoms with E-state index >= 15 is 0 Å².